The summed E-state index contributed by atoms with van der Waals surface area (Å²) < 4.78 is 0. The van der Waals surface area contributed by atoms with Crippen LogP contribution in [0, 0.1) is 12.8 Å². The minimum absolute atomic E-state index is 0.0745. The van der Waals surface area contributed by atoms with Crippen LogP contribution in [0.1, 0.15) is 34.3 Å². The standard InChI is InChI=1S/C19H21ClN2O/c1-14-11-17(20)4-5-18(14)19(23)16-3-2-10-22(13-16)12-15-6-8-21-9-7-15/h4-9,11,16H,2-3,10,12-13H2,1H3. The van der Waals surface area contributed by atoms with Crippen molar-refractivity contribution in [3.63, 3.8) is 0 Å². The lowest BCUT2D eigenvalue weighted by Gasteiger charge is -2.32. The van der Waals surface area contributed by atoms with Crippen LogP contribution in [0.25, 0.3) is 0 Å². The summed E-state index contributed by atoms with van der Waals surface area (Å²) in [6, 6.07) is 9.61. The molecule has 3 rings (SSSR count). The lowest BCUT2D eigenvalue weighted by atomic mass is 9.88. The normalized spacial score (nSPS) is 18.8. The van der Waals surface area contributed by atoms with Crippen LogP contribution in [0.4, 0.5) is 0 Å². The first-order valence-electron chi connectivity index (χ1n) is 8.05. The van der Waals surface area contributed by atoms with Crippen molar-refractivity contribution in [1.29, 1.82) is 0 Å². The van der Waals surface area contributed by atoms with E-state index in [0.29, 0.717) is 5.02 Å². The SMILES string of the molecule is Cc1cc(Cl)ccc1C(=O)C1CCCN(Cc2ccncc2)C1. The van der Waals surface area contributed by atoms with Crippen LogP contribution < -0.4 is 0 Å². The molecule has 0 N–H and O–H groups in total. The van der Waals surface area contributed by atoms with Crippen LogP contribution in [0.2, 0.25) is 5.02 Å². The fraction of sp³-hybridized carbons (Fsp3) is 0.368. The van der Waals surface area contributed by atoms with Crippen molar-refractivity contribution in [2.75, 3.05) is 13.1 Å². The first-order chi connectivity index (χ1) is 11.1. The summed E-state index contributed by atoms with van der Waals surface area (Å²) in [4.78, 5) is 19.3. The van der Waals surface area contributed by atoms with Gasteiger partial charge in [-0.25, -0.2) is 0 Å². The van der Waals surface area contributed by atoms with E-state index in [-0.39, 0.29) is 11.7 Å². The van der Waals surface area contributed by atoms with Gasteiger partial charge in [-0.1, -0.05) is 11.6 Å². The lowest BCUT2D eigenvalue weighted by Crippen LogP contribution is -2.38. The smallest absolute Gasteiger partial charge is 0.167 e. The topological polar surface area (TPSA) is 33.2 Å². The Bertz CT molecular complexity index is 687. The van der Waals surface area contributed by atoms with E-state index in [4.69, 9.17) is 11.6 Å². The number of halogens is 1. The van der Waals surface area contributed by atoms with Gasteiger partial charge < -0.3 is 0 Å². The Morgan fingerprint density at radius 3 is 2.83 bits per heavy atom. The number of hydrogen-bond acceptors (Lipinski definition) is 3. The number of carbonyl (C=O) groups is 1. The Kier molecular flexibility index (Phi) is 5.09. The number of rotatable bonds is 4. The maximum atomic E-state index is 12.9. The van der Waals surface area contributed by atoms with E-state index < -0.39 is 0 Å². The quantitative estimate of drug-likeness (QED) is 0.791. The molecule has 1 unspecified atom stereocenters. The van der Waals surface area contributed by atoms with Gasteiger partial charge in [0.25, 0.3) is 0 Å². The molecule has 1 aliphatic rings. The average molecular weight is 329 g/mol. The number of ketones is 1. The first kappa shape index (κ1) is 16.2. The molecule has 2 aromatic rings. The van der Waals surface area contributed by atoms with Gasteiger partial charge >= 0.3 is 0 Å². The summed E-state index contributed by atoms with van der Waals surface area (Å²) in [7, 11) is 0. The van der Waals surface area contributed by atoms with Crippen molar-refractivity contribution in [3.8, 4) is 0 Å². The number of hydrogen-bond donors (Lipinski definition) is 0. The molecule has 0 saturated carbocycles. The molecule has 1 aliphatic heterocycles. The number of likely N-dealkylation sites (tertiary alicyclic amines) is 1. The van der Waals surface area contributed by atoms with Gasteiger partial charge in [0, 0.05) is 42.0 Å². The summed E-state index contributed by atoms with van der Waals surface area (Å²) in [6.07, 6.45) is 5.67. The number of aromatic nitrogens is 1. The molecule has 3 nitrogen and oxygen atoms in total. The molecule has 1 saturated heterocycles. The number of carbonyl (C=O) groups excluding carboxylic acids is 1. The summed E-state index contributed by atoms with van der Waals surface area (Å²) in [5, 5.41) is 0.682. The molecule has 0 spiro atoms. The summed E-state index contributed by atoms with van der Waals surface area (Å²) in [6.45, 7) is 4.71. The molecule has 1 fully saturated rings. The van der Waals surface area contributed by atoms with Gasteiger partial charge in [-0.15, -0.1) is 0 Å². The zero-order chi connectivity index (χ0) is 16.2. The zero-order valence-electron chi connectivity index (χ0n) is 13.3. The second-order valence-corrected chi connectivity index (χ2v) is 6.69. The third-order valence-electron chi connectivity index (χ3n) is 4.49. The highest BCUT2D eigenvalue weighted by Crippen LogP contribution is 2.25. The van der Waals surface area contributed by atoms with E-state index in [0.717, 1.165) is 43.6 Å². The van der Waals surface area contributed by atoms with Gasteiger partial charge in [0.05, 0.1) is 0 Å². The molecule has 1 aromatic heterocycles. The fourth-order valence-corrected chi connectivity index (χ4v) is 3.51. The number of nitrogens with zero attached hydrogens (tertiary/aromatic N) is 2. The van der Waals surface area contributed by atoms with Crippen LogP contribution in [0.15, 0.2) is 42.7 Å². The third-order valence-corrected chi connectivity index (χ3v) is 4.72. The monoisotopic (exact) mass is 328 g/mol. The molecule has 4 heteroatoms. The van der Waals surface area contributed by atoms with Gasteiger partial charge in [-0.05, 0) is 67.8 Å². The molecule has 0 bridgehead atoms. The van der Waals surface area contributed by atoms with Gasteiger partial charge in [-0.3, -0.25) is 14.7 Å². The highest BCUT2D eigenvalue weighted by atomic mass is 35.5. The van der Waals surface area contributed by atoms with Gasteiger partial charge in [-0.2, -0.15) is 0 Å². The van der Waals surface area contributed by atoms with Crippen LogP contribution >= 0.6 is 11.6 Å². The summed E-state index contributed by atoms with van der Waals surface area (Å²) >= 11 is 6.00. The molecule has 2 heterocycles. The molecule has 1 atom stereocenters. The largest absolute Gasteiger partial charge is 0.298 e. The first-order valence-corrected chi connectivity index (χ1v) is 8.43. The van der Waals surface area contributed by atoms with Crippen molar-refractivity contribution >= 4 is 17.4 Å². The minimum Gasteiger partial charge on any atom is -0.298 e. The molecule has 1 aromatic carbocycles. The Labute approximate surface area is 142 Å². The number of Topliss-reactive ketones (excluding diaryl/α,β-unsaturated/α-hetero) is 1. The maximum Gasteiger partial charge on any atom is 0.167 e. The van der Waals surface area contributed by atoms with E-state index in [9.17, 15) is 4.79 Å². The van der Waals surface area contributed by atoms with Crippen molar-refractivity contribution in [3.05, 3.63) is 64.4 Å². The Morgan fingerprint density at radius 1 is 1.30 bits per heavy atom. The number of aryl methyl sites for hydroxylation is 1. The lowest BCUT2D eigenvalue weighted by molar-refractivity contribution is 0.0811. The van der Waals surface area contributed by atoms with E-state index in [1.54, 1.807) is 6.07 Å². The molecule has 120 valence electrons. The van der Waals surface area contributed by atoms with Gasteiger partial charge in [0.2, 0.25) is 0 Å². The number of benzene rings is 1. The van der Waals surface area contributed by atoms with Gasteiger partial charge in [0.15, 0.2) is 5.78 Å². The zero-order valence-corrected chi connectivity index (χ0v) is 14.1. The molecular formula is C19H21ClN2O. The van der Waals surface area contributed by atoms with Crippen molar-refractivity contribution in [2.45, 2.75) is 26.3 Å². The van der Waals surface area contributed by atoms with Crippen molar-refractivity contribution in [2.24, 2.45) is 5.92 Å². The molecule has 0 radical (unpaired) electrons. The predicted octanol–water partition coefficient (Wildman–Crippen LogP) is 4.14. The Hall–Kier alpha value is -1.71. The predicted molar refractivity (Wildman–Crippen MR) is 92.8 cm³/mol. The number of pyridine rings is 1. The maximum absolute atomic E-state index is 12.9. The Balaban J connectivity index is 1.69. The van der Waals surface area contributed by atoms with Crippen LogP contribution in [-0.4, -0.2) is 28.8 Å². The Morgan fingerprint density at radius 2 is 2.09 bits per heavy atom. The minimum atomic E-state index is 0.0745. The van der Waals surface area contributed by atoms with E-state index >= 15 is 0 Å². The second kappa shape index (κ2) is 7.24. The molecular weight excluding hydrogens is 308 g/mol. The molecule has 23 heavy (non-hydrogen) atoms. The third kappa shape index (κ3) is 3.98. The molecule has 0 amide bonds. The van der Waals surface area contributed by atoms with E-state index in [1.807, 2.05) is 43.6 Å². The molecule has 0 aliphatic carbocycles. The highest BCUT2D eigenvalue weighted by molar-refractivity contribution is 6.30. The second-order valence-electron chi connectivity index (χ2n) is 6.25. The highest BCUT2D eigenvalue weighted by Gasteiger charge is 2.27. The fourth-order valence-electron chi connectivity index (χ4n) is 3.28. The van der Waals surface area contributed by atoms with Crippen LogP contribution in [-0.2, 0) is 6.54 Å². The van der Waals surface area contributed by atoms with Crippen LogP contribution in [0.5, 0.6) is 0 Å². The summed E-state index contributed by atoms with van der Waals surface area (Å²) in [5.41, 5.74) is 3.02. The van der Waals surface area contributed by atoms with Gasteiger partial charge in [0.1, 0.15) is 0 Å². The average Bonchev–Trinajstić information content (AvgIpc) is 2.55. The number of piperidine rings is 1. The summed E-state index contributed by atoms with van der Waals surface area (Å²) in [5.74, 6) is 0.323. The van der Waals surface area contributed by atoms with E-state index in [2.05, 4.69) is 9.88 Å². The van der Waals surface area contributed by atoms with Crippen molar-refractivity contribution in [1.82, 2.24) is 9.88 Å². The van der Waals surface area contributed by atoms with Crippen molar-refractivity contribution < 1.29 is 4.79 Å². The van der Waals surface area contributed by atoms with Crippen LogP contribution in [0.3, 0.4) is 0 Å². The van der Waals surface area contributed by atoms with E-state index in [1.165, 1.54) is 5.56 Å².